The van der Waals surface area contributed by atoms with E-state index in [1.165, 1.54) is 35.2 Å². The summed E-state index contributed by atoms with van der Waals surface area (Å²) in [5, 5.41) is 41.6. The molecule has 26 heavy (non-hydrogen) atoms. The summed E-state index contributed by atoms with van der Waals surface area (Å²) in [5.41, 5.74) is 0.394. The van der Waals surface area contributed by atoms with Gasteiger partial charge in [0.15, 0.2) is 11.9 Å². The van der Waals surface area contributed by atoms with E-state index in [9.17, 15) is 25.2 Å². The van der Waals surface area contributed by atoms with Crippen molar-refractivity contribution in [1.29, 1.82) is 5.26 Å². The van der Waals surface area contributed by atoms with Gasteiger partial charge in [0.2, 0.25) is 0 Å². The van der Waals surface area contributed by atoms with Gasteiger partial charge in [0.1, 0.15) is 18.9 Å². The van der Waals surface area contributed by atoms with Gasteiger partial charge in [0.25, 0.3) is 0 Å². The van der Waals surface area contributed by atoms with Gasteiger partial charge in [-0.1, -0.05) is 17.7 Å². The highest BCUT2D eigenvalue weighted by Gasteiger charge is 2.25. The van der Waals surface area contributed by atoms with Crippen LogP contribution < -0.4 is 9.71 Å². The van der Waals surface area contributed by atoms with Gasteiger partial charge in [0, 0.05) is 29.3 Å². The number of benzene rings is 2. The number of aliphatic hydroxyl groups is 1. The van der Waals surface area contributed by atoms with E-state index in [-0.39, 0.29) is 34.1 Å². The largest absolute Gasteiger partial charge is 0.593 e. The van der Waals surface area contributed by atoms with Crippen molar-refractivity contribution in [1.82, 2.24) is 4.81 Å². The molecular formula is C18H17ClFN3O3. The van der Waals surface area contributed by atoms with Gasteiger partial charge in [-0.25, -0.2) is 9.60 Å². The second kappa shape index (κ2) is 7.83. The second-order valence-electron chi connectivity index (χ2n) is 5.67. The Bertz CT molecular complexity index is 862. The van der Waals surface area contributed by atoms with Gasteiger partial charge in [-0.15, -0.1) is 6.58 Å². The molecule has 0 aliphatic heterocycles. The molecule has 0 radical (unpaired) electrons. The first-order valence-corrected chi connectivity index (χ1v) is 7.92. The number of hydrogen-bond acceptors (Lipinski definition) is 5. The Morgan fingerprint density at radius 2 is 2.12 bits per heavy atom. The van der Waals surface area contributed by atoms with Crippen LogP contribution in [0.1, 0.15) is 17.4 Å². The lowest BCUT2D eigenvalue weighted by Gasteiger charge is -2.32. The van der Waals surface area contributed by atoms with Gasteiger partial charge in [-0.2, -0.15) is 10.1 Å². The summed E-state index contributed by atoms with van der Waals surface area (Å²) in [7, 11) is 1.01. The molecule has 0 aromatic heterocycles. The van der Waals surface area contributed by atoms with Crippen molar-refractivity contribution in [2.24, 2.45) is 0 Å². The number of hydrogen-bond donors (Lipinski definition) is 2. The molecular weight excluding hydrogens is 361 g/mol. The van der Waals surface area contributed by atoms with Gasteiger partial charge in [0.05, 0.1) is 11.3 Å². The predicted molar refractivity (Wildman–Crippen MR) is 97.9 cm³/mol. The highest BCUT2D eigenvalue weighted by atomic mass is 35.5. The number of halogens is 2. The quantitative estimate of drug-likeness (QED) is 0.345. The average Bonchev–Trinajstić information content (AvgIpc) is 2.58. The summed E-state index contributed by atoms with van der Waals surface area (Å²) >= 11 is 6.14. The Balaban J connectivity index is 2.56. The van der Waals surface area contributed by atoms with E-state index in [4.69, 9.17) is 11.6 Å². The fraction of sp³-hybridized carbons (Fsp3) is 0.167. The van der Waals surface area contributed by atoms with Crippen molar-refractivity contribution in [3.8, 4) is 6.07 Å². The predicted octanol–water partition coefficient (Wildman–Crippen LogP) is 3.86. The number of rotatable bonds is 6. The molecule has 6 nitrogen and oxygen atoms in total. The van der Waals surface area contributed by atoms with E-state index < -0.39 is 16.9 Å². The molecule has 0 amide bonds. The molecule has 0 fully saturated rings. The van der Waals surface area contributed by atoms with Gasteiger partial charge in [-0.05, 0) is 24.3 Å². The number of aliphatic hydroxyl groups excluding tert-OH is 1. The normalized spacial score (nSPS) is 14.2. The van der Waals surface area contributed by atoms with Crippen LogP contribution in [0.2, 0.25) is 5.02 Å². The lowest BCUT2D eigenvalue weighted by atomic mass is 10.1. The van der Waals surface area contributed by atoms with Crippen molar-refractivity contribution >= 4 is 23.0 Å². The van der Waals surface area contributed by atoms with Crippen LogP contribution in [0, 0.1) is 22.4 Å². The van der Waals surface area contributed by atoms with Crippen LogP contribution in [-0.2, 0) is 0 Å². The maximum atomic E-state index is 13.4. The van der Waals surface area contributed by atoms with E-state index in [2.05, 4.69) is 6.58 Å². The van der Waals surface area contributed by atoms with Crippen LogP contribution in [-0.4, -0.2) is 23.9 Å². The van der Waals surface area contributed by atoms with Gasteiger partial charge in [-0.3, -0.25) is 0 Å². The molecule has 0 aliphatic carbocycles. The first-order valence-electron chi connectivity index (χ1n) is 7.54. The van der Waals surface area contributed by atoms with Crippen LogP contribution >= 0.6 is 11.6 Å². The number of anilines is 1. The van der Waals surface area contributed by atoms with Crippen LogP contribution in [0.15, 0.2) is 49.1 Å². The van der Waals surface area contributed by atoms with E-state index in [0.29, 0.717) is 0 Å². The Morgan fingerprint density at radius 3 is 2.69 bits per heavy atom. The number of hydroxylamine groups is 2. The van der Waals surface area contributed by atoms with Crippen LogP contribution in [0.5, 0.6) is 0 Å². The molecule has 0 bridgehead atoms. The molecule has 2 rings (SSSR count). The Kier molecular flexibility index (Phi) is 5.97. The molecule has 0 saturated carbocycles. The molecule has 2 N–H and O–H groups in total. The molecule has 2 aromatic rings. The SMILES string of the molecule is C=CCN(c1ccc(F)cc1C#N)[C@H](O)c1cc([N+](C)([O-])O)ccc1Cl. The maximum absolute atomic E-state index is 13.4. The Labute approximate surface area is 155 Å². The average molecular weight is 378 g/mol. The zero-order valence-corrected chi connectivity index (χ0v) is 14.7. The van der Waals surface area contributed by atoms with Gasteiger partial charge < -0.3 is 15.2 Å². The van der Waals surface area contributed by atoms with Gasteiger partial charge >= 0.3 is 0 Å². The highest BCUT2D eigenvalue weighted by Crippen LogP contribution is 2.34. The minimum Gasteiger partial charge on any atom is -0.593 e. The maximum Gasteiger partial charge on any atom is 0.165 e. The minimum atomic E-state index is -1.70. The Morgan fingerprint density at radius 1 is 1.42 bits per heavy atom. The first kappa shape index (κ1) is 19.8. The Hall–Kier alpha value is -2.47. The summed E-state index contributed by atoms with van der Waals surface area (Å²) in [6.07, 6.45) is 0.121. The highest BCUT2D eigenvalue weighted by molar-refractivity contribution is 6.31. The number of nitriles is 1. The summed E-state index contributed by atoms with van der Waals surface area (Å²) in [6.45, 7) is 3.73. The van der Waals surface area contributed by atoms with E-state index in [1.807, 2.05) is 6.07 Å². The van der Waals surface area contributed by atoms with Crippen LogP contribution in [0.4, 0.5) is 15.8 Å². The van der Waals surface area contributed by atoms with Crippen molar-refractivity contribution in [3.05, 3.63) is 76.2 Å². The second-order valence-corrected chi connectivity index (χ2v) is 6.08. The lowest BCUT2D eigenvalue weighted by molar-refractivity contribution is -0.00457. The lowest BCUT2D eigenvalue weighted by Crippen LogP contribution is -2.34. The number of nitrogens with zero attached hydrogens (tertiary/aromatic N) is 3. The number of quaternary nitrogens is 1. The standard InChI is InChI=1S/C18H17ClFN3O3/c1-3-8-22(17-7-4-13(20)9-12(17)11-21)18(24)15-10-14(23(2,25)26)5-6-16(15)19/h3-7,9-10,18,24-25H,1,8H2,2H3/t18-/m1/s1. The molecule has 136 valence electrons. The fourth-order valence-electron chi connectivity index (χ4n) is 2.47. The topological polar surface area (TPSA) is 90.6 Å². The van der Waals surface area contributed by atoms with E-state index in [0.717, 1.165) is 19.2 Å². The van der Waals surface area contributed by atoms with Crippen molar-refractivity contribution < 1.29 is 14.7 Å². The molecule has 0 heterocycles. The molecule has 1 unspecified atom stereocenters. The third kappa shape index (κ3) is 4.19. The summed E-state index contributed by atoms with van der Waals surface area (Å²) in [5.74, 6) is -0.585. The molecule has 2 aromatic carbocycles. The molecule has 0 aliphatic rings. The molecule has 8 heteroatoms. The molecule has 2 atom stereocenters. The van der Waals surface area contributed by atoms with E-state index in [1.54, 1.807) is 0 Å². The zero-order valence-electron chi connectivity index (χ0n) is 13.9. The van der Waals surface area contributed by atoms with Crippen molar-refractivity contribution in [2.45, 2.75) is 6.23 Å². The zero-order chi connectivity index (χ0) is 19.5. The van der Waals surface area contributed by atoms with Crippen molar-refractivity contribution in [3.63, 3.8) is 0 Å². The van der Waals surface area contributed by atoms with Crippen LogP contribution in [0.3, 0.4) is 0 Å². The van der Waals surface area contributed by atoms with E-state index >= 15 is 0 Å². The fourth-order valence-corrected chi connectivity index (χ4v) is 2.69. The minimum absolute atomic E-state index is 0.0183. The van der Waals surface area contributed by atoms with Crippen molar-refractivity contribution in [2.75, 3.05) is 18.5 Å². The first-order chi connectivity index (χ1) is 12.2. The monoisotopic (exact) mass is 377 g/mol. The third-order valence-corrected chi connectivity index (χ3v) is 4.09. The smallest absolute Gasteiger partial charge is 0.165 e. The summed E-state index contributed by atoms with van der Waals surface area (Å²) in [6, 6.07) is 9.43. The van der Waals surface area contributed by atoms with Crippen LogP contribution in [0.25, 0.3) is 0 Å². The third-order valence-electron chi connectivity index (χ3n) is 3.75. The summed E-state index contributed by atoms with van der Waals surface area (Å²) < 4.78 is 13.4. The molecule has 0 spiro atoms. The molecule has 0 saturated heterocycles. The summed E-state index contributed by atoms with van der Waals surface area (Å²) in [4.78, 5) is -0.319.